The average Bonchev–Trinajstić information content (AvgIpc) is 3.20. The summed E-state index contributed by atoms with van der Waals surface area (Å²) in [6.45, 7) is 12.7. The minimum absolute atomic E-state index is 0.0693. The Labute approximate surface area is 361 Å². The monoisotopic (exact) mass is 875 g/mol. The third-order valence-corrected chi connectivity index (χ3v) is 8.93. The van der Waals surface area contributed by atoms with Crippen molar-refractivity contribution in [3.63, 3.8) is 0 Å². The average molecular weight is 875 g/mol. The summed E-state index contributed by atoms with van der Waals surface area (Å²) < 4.78 is 67.3. The molecule has 0 bridgehead atoms. The highest BCUT2D eigenvalue weighted by molar-refractivity contribution is 4.84. The predicted octanol–water partition coefficient (Wildman–Crippen LogP) is -0.768. The van der Waals surface area contributed by atoms with Crippen molar-refractivity contribution >= 4 is 0 Å². The van der Waals surface area contributed by atoms with Crippen LogP contribution in [-0.4, -0.2) is 189 Å². The van der Waals surface area contributed by atoms with Gasteiger partial charge in [-0.15, -0.1) is 0 Å². The minimum atomic E-state index is -0.402. The van der Waals surface area contributed by atoms with Crippen molar-refractivity contribution in [3.05, 3.63) is 0 Å². The van der Waals surface area contributed by atoms with Gasteiger partial charge >= 0.3 is 0 Å². The summed E-state index contributed by atoms with van der Waals surface area (Å²) in [4.78, 5) is 0. The summed E-state index contributed by atoms with van der Waals surface area (Å²) in [6.07, 6.45) is 7.36. The van der Waals surface area contributed by atoms with E-state index in [4.69, 9.17) is 103 Å². The Balaban J connectivity index is 4.02. The summed E-state index contributed by atoms with van der Waals surface area (Å²) in [5, 5.41) is 0. The van der Waals surface area contributed by atoms with E-state index in [1.807, 2.05) is 0 Å². The van der Waals surface area contributed by atoms with E-state index >= 15 is 0 Å². The highest BCUT2D eigenvalue weighted by atomic mass is 16.6. The van der Waals surface area contributed by atoms with E-state index in [0.717, 1.165) is 51.4 Å². The van der Waals surface area contributed by atoms with E-state index in [1.165, 1.54) is 0 Å². The van der Waals surface area contributed by atoms with Crippen LogP contribution in [0.15, 0.2) is 0 Å². The molecule has 0 aromatic carbocycles. The fourth-order valence-electron chi connectivity index (χ4n) is 5.36. The van der Waals surface area contributed by atoms with Gasteiger partial charge in [0.1, 0.15) is 0 Å². The molecule has 0 rings (SSSR count). The van der Waals surface area contributed by atoms with Crippen LogP contribution in [0.3, 0.4) is 0 Å². The van der Waals surface area contributed by atoms with Crippen molar-refractivity contribution in [1.29, 1.82) is 0 Å². The Morgan fingerprint density at radius 1 is 0.250 bits per heavy atom. The highest BCUT2D eigenvalue weighted by Gasteiger charge is 2.24. The van der Waals surface area contributed by atoms with Gasteiger partial charge in [0, 0.05) is 64.4 Å². The Kier molecular flexibility index (Phi) is 45.6. The van der Waals surface area contributed by atoms with E-state index in [-0.39, 0.29) is 24.5 Å². The Morgan fingerprint density at radius 2 is 0.500 bits per heavy atom. The van der Waals surface area contributed by atoms with Crippen molar-refractivity contribution in [2.45, 2.75) is 101 Å². The van der Waals surface area contributed by atoms with Gasteiger partial charge in [-0.25, -0.2) is 0 Å². The Morgan fingerprint density at radius 3 is 0.817 bits per heavy atom. The molecule has 1 unspecified atom stereocenters. The number of ether oxygens (including phenoxy) is 12. The number of rotatable bonds is 51. The zero-order valence-corrected chi connectivity index (χ0v) is 37.1. The zero-order chi connectivity index (χ0) is 44.0. The normalized spacial score (nSPS) is 12.8. The third-order valence-electron chi connectivity index (χ3n) is 8.93. The van der Waals surface area contributed by atoms with E-state index in [0.29, 0.717) is 178 Å². The maximum atomic E-state index is 6.91. The van der Waals surface area contributed by atoms with Gasteiger partial charge in [0.2, 0.25) is 0 Å². The van der Waals surface area contributed by atoms with Crippen LogP contribution in [0.4, 0.5) is 0 Å². The molecule has 0 spiro atoms. The Bertz CT molecular complexity index is 817. The quantitative estimate of drug-likeness (QED) is 0.0275. The van der Waals surface area contributed by atoms with Gasteiger partial charge in [0.25, 0.3) is 0 Å². The summed E-state index contributed by atoms with van der Waals surface area (Å²) in [5.74, 6) is 0. The summed E-state index contributed by atoms with van der Waals surface area (Å²) in [5.41, 5.74) is 45.7. The predicted molar refractivity (Wildman–Crippen MR) is 232 cm³/mol. The maximum Gasteiger partial charge on any atom is 0.0701 e. The first-order valence-electron chi connectivity index (χ1n) is 22.2. The highest BCUT2D eigenvalue weighted by Crippen LogP contribution is 2.21. The van der Waals surface area contributed by atoms with E-state index in [9.17, 15) is 0 Å². The van der Waals surface area contributed by atoms with Gasteiger partial charge in [-0.2, -0.15) is 0 Å². The van der Waals surface area contributed by atoms with E-state index in [1.54, 1.807) is 0 Å². The molecule has 0 aromatic rings. The van der Waals surface area contributed by atoms with E-state index < -0.39 is 5.54 Å². The number of hydrogen-bond acceptors (Lipinski definition) is 20. The molecule has 0 saturated carbocycles. The lowest BCUT2D eigenvalue weighted by Crippen LogP contribution is -2.41. The van der Waals surface area contributed by atoms with Crippen molar-refractivity contribution < 1.29 is 56.8 Å². The second-order valence-corrected chi connectivity index (χ2v) is 14.7. The molecule has 20 nitrogen and oxygen atoms in total. The van der Waals surface area contributed by atoms with Crippen LogP contribution < -0.4 is 45.9 Å². The van der Waals surface area contributed by atoms with Crippen molar-refractivity contribution in [3.8, 4) is 0 Å². The van der Waals surface area contributed by atoms with Crippen LogP contribution in [0.2, 0.25) is 0 Å². The summed E-state index contributed by atoms with van der Waals surface area (Å²) in [7, 11) is 0. The zero-order valence-electron chi connectivity index (χ0n) is 37.1. The largest absolute Gasteiger partial charge is 0.379 e. The minimum Gasteiger partial charge on any atom is -0.379 e. The topological polar surface area (TPSA) is 319 Å². The molecule has 0 amide bonds. The van der Waals surface area contributed by atoms with Crippen LogP contribution in [-0.2, 0) is 56.8 Å². The number of nitrogens with two attached hydrogens (primary N) is 8. The first kappa shape index (κ1) is 59.2. The molecule has 0 radical (unpaired) electrons. The molecule has 20 heteroatoms. The molecule has 60 heavy (non-hydrogen) atoms. The molecule has 16 N–H and O–H groups in total. The van der Waals surface area contributed by atoms with Gasteiger partial charge in [-0.3, -0.25) is 0 Å². The van der Waals surface area contributed by atoms with Gasteiger partial charge in [0.15, 0.2) is 0 Å². The molecule has 362 valence electrons. The second-order valence-electron chi connectivity index (χ2n) is 14.7. The molecule has 0 heterocycles. The molecule has 1 atom stereocenters. The van der Waals surface area contributed by atoms with Gasteiger partial charge in [-0.05, 0) is 70.6 Å². The lowest BCUT2D eigenvalue weighted by atomic mass is 9.86. The molecule has 0 aliphatic heterocycles. The molecular formula is C40H90N8O12. The van der Waals surface area contributed by atoms with Crippen LogP contribution in [0, 0.1) is 0 Å². The third kappa shape index (κ3) is 48.2. The van der Waals surface area contributed by atoms with E-state index in [2.05, 4.69) is 0 Å². The van der Waals surface area contributed by atoms with Crippen LogP contribution >= 0.6 is 0 Å². The van der Waals surface area contributed by atoms with Crippen LogP contribution in [0.5, 0.6) is 0 Å². The van der Waals surface area contributed by atoms with Gasteiger partial charge in [0.05, 0.1) is 124 Å². The summed E-state index contributed by atoms with van der Waals surface area (Å²) >= 11 is 0. The molecule has 0 aliphatic rings. The lowest BCUT2D eigenvalue weighted by Gasteiger charge is -2.30. The van der Waals surface area contributed by atoms with Gasteiger partial charge in [-0.1, -0.05) is 0 Å². The Hall–Kier alpha value is -0.800. The second kappa shape index (κ2) is 46.2. The SMILES string of the molecule is NC(N)CCOCCOCCOCCCC(N)CCOCCOCCOCCC(N)(CCCOCCOCCOCCC(N)N)CCCOCCOCCOCCC(N)N. The smallest absolute Gasteiger partial charge is 0.0701 e. The molecule has 0 aliphatic carbocycles. The number of hydrogen-bond donors (Lipinski definition) is 8. The fraction of sp³-hybridized carbons (Fsp3) is 1.00. The fourth-order valence-corrected chi connectivity index (χ4v) is 5.36. The first-order valence-corrected chi connectivity index (χ1v) is 22.2. The first-order chi connectivity index (χ1) is 29.1. The lowest BCUT2D eigenvalue weighted by molar-refractivity contribution is 0.00551. The molecule has 0 fully saturated rings. The van der Waals surface area contributed by atoms with Crippen LogP contribution in [0.1, 0.15) is 70.6 Å². The van der Waals surface area contributed by atoms with Crippen LogP contribution in [0.25, 0.3) is 0 Å². The van der Waals surface area contributed by atoms with Crippen molar-refractivity contribution in [1.82, 2.24) is 0 Å². The van der Waals surface area contributed by atoms with Crippen molar-refractivity contribution in [2.24, 2.45) is 45.9 Å². The summed E-state index contributed by atoms with van der Waals surface area (Å²) in [6, 6.07) is 0.0693. The van der Waals surface area contributed by atoms with Crippen molar-refractivity contribution in [2.75, 3.05) is 159 Å². The molecule has 0 saturated heterocycles. The maximum absolute atomic E-state index is 6.91. The molecular weight excluding hydrogens is 784 g/mol. The molecule has 0 aromatic heterocycles. The van der Waals surface area contributed by atoms with Gasteiger partial charge < -0.3 is 103 Å². The standard InChI is InChI=1S/C40H90N8O12/c41-36(4-1-12-49-20-28-57-32-24-53-16-6-37(42)43)5-15-52-23-31-60-35-27-56-19-11-40(48,9-2-13-50-21-29-58-33-25-54-17-7-38(44)45)10-3-14-51-22-30-59-34-26-55-18-8-39(46)47/h36-39H,1-35,41-48H2.